The van der Waals surface area contributed by atoms with E-state index in [1.807, 2.05) is 36.8 Å². The summed E-state index contributed by atoms with van der Waals surface area (Å²) >= 11 is 0. The topological polar surface area (TPSA) is 234 Å². The summed E-state index contributed by atoms with van der Waals surface area (Å²) in [4.78, 5) is 60.8. The van der Waals surface area contributed by atoms with E-state index in [0.717, 1.165) is 0 Å². The van der Waals surface area contributed by atoms with Crippen LogP contribution in [0.1, 0.15) is 92.2 Å². The smallest absolute Gasteiger partial charge is 0.276 e. The van der Waals surface area contributed by atoms with Crippen molar-refractivity contribution >= 4 is 57.6 Å². The van der Waals surface area contributed by atoms with Crippen LogP contribution in [0.4, 0.5) is 11.9 Å². The number of aryl methyl sites for hydroxylation is 5. The molecule has 1 aliphatic heterocycles. The number of nitrogens with zero attached hydrogens (tertiary/aromatic N) is 8. The van der Waals surface area contributed by atoms with E-state index in [-0.39, 0.29) is 41.5 Å². The zero-order valence-electron chi connectivity index (χ0n) is 31.2. The van der Waals surface area contributed by atoms with E-state index in [2.05, 4.69) is 20.8 Å². The lowest BCUT2D eigenvalue weighted by Gasteiger charge is -2.27. The predicted octanol–water partition coefficient (Wildman–Crippen LogP) is 3.95. The van der Waals surface area contributed by atoms with Crippen molar-refractivity contribution in [2.45, 2.75) is 72.6 Å². The lowest BCUT2D eigenvalue weighted by atomic mass is 10.1. The highest BCUT2D eigenvalue weighted by molar-refractivity contribution is 6.05. The number of aromatic nitrogens is 8. The minimum atomic E-state index is -0.639. The minimum Gasteiger partial charge on any atom is -0.494 e. The first-order valence-corrected chi connectivity index (χ1v) is 18.0. The zero-order chi connectivity index (χ0) is 39.1. The second-order valence-electron chi connectivity index (χ2n) is 13.4. The number of primary amides is 2. The van der Waals surface area contributed by atoms with E-state index < -0.39 is 11.8 Å². The molecule has 55 heavy (non-hydrogen) atoms. The van der Waals surface area contributed by atoms with E-state index in [1.165, 1.54) is 7.11 Å². The van der Waals surface area contributed by atoms with Crippen LogP contribution < -0.4 is 31.6 Å². The number of anilines is 2. The second kappa shape index (κ2) is 14.6. The molecule has 0 unspecified atom stereocenters. The van der Waals surface area contributed by atoms with E-state index in [0.29, 0.717) is 101 Å². The van der Waals surface area contributed by atoms with E-state index in [4.69, 9.17) is 30.9 Å². The van der Waals surface area contributed by atoms with Gasteiger partial charge in [-0.25, -0.2) is 9.97 Å². The van der Waals surface area contributed by atoms with Crippen LogP contribution in [0.3, 0.4) is 0 Å². The number of imidazole rings is 2. The number of ether oxygens (including phenoxy) is 2. The fourth-order valence-corrected chi connectivity index (χ4v) is 7.12. The molecule has 1 aliphatic rings. The second-order valence-corrected chi connectivity index (χ2v) is 13.4. The number of nitrogens with two attached hydrogens (primary N) is 2. The van der Waals surface area contributed by atoms with Gasteiger partial charge < -0.3 is 30.1 Å². The van der Waals surface area contributed by atoms with Crippen LogP contribution in [0, 0.1) is 13.8 Å². The number of unbranched alkanes of at least 4 members (excludes halogenated alkanes) is 1. The van der Waals surface area contributed by atoms with Gasteiger partial charge >= 0.3 is 0 Å². The summed E-state index contributed by atoms with van der Waals surface area (Å²) in [6.45, 7) is 9.12. The van der Waals surface area contributed by atoms with Gasteiger partial charge in [0.1, 0.15) is 40.5 Å². The molecule has 6 N–H and O–H groups in total. The van der Waals surface area contributed by atoms with Gasteiger partial charge in [-0.1, -0.05) is 0 Å². The van der Waals surface area contributed by atoms with Crippen molar-refractivity contribution in [1.82, 2.24) is 38.7 Å². The maximum atomic E-state index is 13.6. The number of methoxy groups -OCH3 is 1. The first kappa shape index (κ1) is 36.6. The fraction of sp³-hybridized carbons (Fsp3) is 0.351. The standard InChI is InChI=1S/C37H42N12O6/c1-6-47-26(12-19(3)44-47)34(52)42-36-40-24-14-21(32(38)50)16-28(54-5)30(24)46(36)11-9-8-10-23-18-55-29-17-22(33(39)51)15-25-31(29)49(23)37(41-25)43-35(53)27-13-20(4)45-48(27)7-2/h12-17,23H,6-11,18H2,1-5H3,(H2,38,50)(H2,39,51)(H,40,42,52)(H,41,43,53)/t23-/m1/s1. The zero-order valence-corrected chi connectivity index (χ0v) is 31.2. The number of carbonyl (C=O) groups is 4. The van der Waals surface area contributed by atoms with Crippen molar-refractivity contribution < 1.29 is 28.7 Å². The lowest BCUT2D eigenvalue weighted by molar-refractivity contribution is 0.0991. The molecule has 1 atom stereocenters. The van der Waals surface area contributed by atoms with Crippen LogP contribution in [0.15, 0.2) is 36.4 Å². The van der Waals surface area contributed by atoms with Gasteiger partial charge in [0.2, 0.25) is 23.7 Å². The van der Waals surface area contributed by atoms with E-state index in [1.54, 1.807) is 45.8 Å². The molecule has 18 nitrogen and oxygen atoms in total. The molecular weight excluding hydrogens is 708 g/mol. The van der Waals surface area contributed by atoms with Crippen LogP contribution in [0.2, 0.25) is 0 Å². The highest BCUT2D eigenvalue weighted by Crippen LogP contribution is 2.39. The molecule has 286 valence electrons. The fourth-order valence-electron chi connectivity index (χ4n) is 7.12. The quantitative estimate of drug-likeness (QED) is 0.117. The van der Waals surface area contributed by atoms with Crippen molar-refractivity contribution in [1.29, 1.82) is 0 Å². The SMILES string of the molecule is CCn1nc(C)cc1C(=O)Nc1nc2cc(C(N)=O)cc(OC)c2n1CCCC[C@@H]1COc2cc(C(N)=O)cc3nc(NC(=O)c4cc(C)nn4CC)n1c23. The number of hydrogen-bond donors (Lipinski definition) is 4. The summed E-state index contributed by atoms with van der Waals surface area (Å²) < 4.78 is 18.9. The van der Waals surface area contributed by atoms with Crippen LogP contribution in [0.25, 0.3) is 22.1 Å². The van der Waals surface area contributed by atoms with Gasteiger partial charge in [0.15, 0.2) is 0 Å². The molecule has 18 heteroatoms. The molecule has 0 aliphatic carbocycles. The van der Waals surface area contributed by atoms with Crippen molar-refractivity contribution in [3.63, 3.8) is 0 Å². The number of benzene rings is 2. The number of rotatable bonds is 14. The minimum absolute atomic E-state index is 0.218. The van der Waals surface area contributed by atoms with Crippen LogP contribution >= 0.6 is 0 Å². The third kappa shape index (κ3) is 6.81. The summed E-state index contributed by atoms with van der Waals surface area (Å²) in [5, 5.41) is 14.7. The van der Waals surface area contributed by atoms with Crippen molar-refractivity contribution in [2.75, 3.05) is 24.4 Å². The Morgan fingerprint density at radius 3 is 1.95 bits per heavy atom. The van der Waals surface area contributed by atoms with Crippen LogP contribution in [-0.2, 0) is 19.6 Å². The molecule has 2 aromatic carbocycles. The van der Waals surface area contributed by atoms with E-state index in [9.17, 15) is 19.2 Å². The maximum Gasteiger partial charge on any atom is 0.276 e. The van der Waals surface area contributed by atoms with Gasteiger partial charge in [-0.15, -0.1) is 0 Å². The molecule has 0 saturated carbocycles. The Balaban J connectivity index is 1.18. The van der Waals surface area contributed by atoms with Gasteiger partial charge in [0, 0.05) is 30.8 Å². The third-order valence-electron chi connectivity index (χ3n) is 9.63. The third-order valence-corrected chi connectivity index (χ3v) is 9.63. The Hall–Kier alpha value is -6.72. The lowest BCUT2D eigenvalue weighted by Crippen LogP contribution is -2.26. The average molecular weight is 751 g/mol. The number of nitrogens with one attached hydrogen (secondary N) is 2. The Kier molecular flexibility index (Phi) is 9.72. The molecule has 0 spiro atoms. The van der Waals surface area contributed by atoms with Gasteiger partial charge in [-0.05, 0) is 83.4 Å². The molecule has 6 aromatic rings. The molecule has 7 rings (SSSR count). The summed E-state index contributed by atoms with van der Waals surface area (Å²) in [6.07, 6.45) is 1.91. The largest absolute Gasteiger partial charge is 0.494 e. The number of hydrogen-bond acceptors (Lipinski definition) is 10. The summed E-state index contributed by atoms with van der Waals surface area (Å²) in [5.41, 5.74) is 16.0. The Morgan fingerprint density at radius 2 is 1.36 bits per heavy atom. The Morgan fingerprint density at radius 1 is 0.800 bits per heavy atom. The molecule has 4 aromatic heterocycles. The predicted molar refractivity (Wildman–Crippen MR) is 203 cm³/mol. The normalized spacial score (nSPS) is 13.6. The number of amides is 4. The molecule has 4 amide bonds. The molecule has 0 bridgehead atoms. The molecule has 0 radical (unpaired) electrons. The van der Waals surface area contributed by atoms with Crippen molar-refractivity contribution in [3.8, 4) is 11.5 Å². The van der Waals surface area contributed by atoms with Crippen molar-refractivity contribution in [3.05, 3.63) is 70.3 Å². The Labute approximate surface area is 314 Å². The molecule has 0 fully saturated rings. The summed E-state index contributed by atoms with van der Waals surface area (Å²) in [7, 11) is 1.49. The van der Waals surface area contributed by atoms with Gasteiger partial charge in [-0.3, -0.25) is 39.2 Å². The summed E-state index contributed by atoms with van der Waals surface area (Å²) in [6, 6.07) is 9.49. The van der Waals surface area contributed by atoms with E-state index >= 15 is 0 Å². The number of carbonyl (C=O) groups excluding carboxylic acids is 4. The number of fused-ring (bicyclic) bond motifs is 1. The molecule has 5 heterocycles. The monoisotopic (exact) mass is 750 g/mol. The van der Waals surface area contributed by atoms with Crippen molar-refractivity contribution in [2.24, 2.45) is 11.5 Å². The first-order valence-electron chi connectivity index (χ1n) is 18.0. The Bertz CT molecular complexity index is 2510. The molecule has 0 saturated heterocycles. The van der Waals surface area contributed by atoms with Crippen LogP contribution in [-0.4, -0.2) is 76.0 Å². The summed E-state index contributed by atoms with van der Waals surface area (Å²) in [5.74, 6) is -0.629. The average Bonchev–Trinajstić information content (AvgIpc) is 3.93. The van der Waals surface area contributed by atoms with Gasteiger partial charge in [0.25, 0.3) is 11.8 Å². The molecular formula is C37H42N12O6. The first-order chi connectivity index (χ1) is 26.4. The highest BCUT2D eigenvalue weighted by Gasteiger charge is 2.30. The maximum absolute atomic E-state index is 13.6. The van der Waals surface area contributed by atoms with Gasteiger partial charge in [0.05, 0.1) is 35.6 Å². The van der Waals surface area contributed by atoms with Crippen LogP contribution in [0.5, 0.6) is 11.5 Å². The highest BCUT2D eigenvalue weighted by atomic mass is 16.5. The van der Waals surface area contributed by atoms with Gasteiger partial charge in [-0.2, -0.15) is 10.2 Å².